The van der Waals surface area contributed by atoms with Gasteiger partial charge in [-0.1, -0.05) is 27.2 Å². The predicted octanol–water partition coefficient (Wildman–Crippen LogP) is 2.23. The number of amides is 1. The first-order valence-electron chi connectivity index (χ1n) is 6.08. The van der Waals surface area contributed by atoms with E-state index in [1.165, 1.54) is 6.42 Å². The summed E-state index contributed by atoms with van der Waals surface area (Å²) in [6.45, 7) is 11.9. The molecular weight excluding hydrogens is 188 g/mol. The van der Waals surface area contributed by atoms with Gasteiger partial charge in [0.15, 0.2) is 0 Å². The first-order valence-corrected chi connectivity index (χ1v) is 6.08. The van der Waals surface area contributed by atoms with Crippen molar-refractivity contribution >= 4 is 5.91 Å². The summed E-state index contributed by atoms with van der Waals surface area (Å²) in [6.07, 6.45) is 2.50. The number of nitrogens with one attached hydrogen (secondary N) is 1. The Hall–Kier alpha value is -0.570. The molecule has 1 atom stereocenters. The minimum atomic E-state index is 0.0837. The summed E-state index contributed by atoms with van der Waals surface area (Å²) in [5.74, 6) is 0.314. The highest BCUT2D eigenvalue weighted by Gasteiger charge is 2.19. The summed E-state index contributed by atoms with van der Waals surface area (Å²) in [6, 6.07) is 0. The van der Waals surface area contributed by atoms with Gasteiger partial charge < -0.3 is 4.90 Å². The molecule has 1 unspecified atom stereocenters. The van der Waals surface area contributed by atoms with E-state index in [1.807, 2.05) is 25.7 Å². The summed E-state index contributed by atoms with van der Waals surface area (Å²) in [5.41, 5.74) is 0. The highest BCUT2D eigenvalue weighted by Crippen LogP contribution is 2.04. The van der Waals surface area contributed by atoms with Crippen LogP contribution in [0.4, 0.5) is 0 Å². The fourth-order valence-corrected chi connectivity index (χ4v) is 1.55. The standard InChI is InChI=1S/C12H26N2O/c1-6-8-9-13-11(5)14(7-2)12(15)10(3)4/h10-11,13H,6-9H2,1-5H3. The normalized spacial score (nSPS) is 12.9. The van der Waals surface area contributed by atoms with E-state index in [1.54, 1.807) is 0 Å². The van der Waals surface area contributed by atoms with E-state index in [-0.39, 0.29) is 18.0 Å². The van der Waals surface area contributed by atoms with Crippen LogP contribution in [-0.4, -0.2) is 30.1 Å². The number of rotatable bonds is 7. The number of hydrogen-bond acceptors (Lipinski definition) is 2. The van der Waals surface area contributed by atoms with Crippen molar-refractivity contribution in [1.29, 1.82) is 0 Å². The van der Waals surface area contributed by atoms with Crippen LogP contribution >= 0.6 is 0 Å². The molecular formula is C12H26N2O. The molecule has 1 N–H and O–H groups in total. The summed E-state index contributed by atoms with van der Waals surface area (Å²) in [4.78, 5) is 13.7. The van der Waals surface area contributed by atoms with E-state index in [0.717, 1.165) is 19.5 Å². The largest absolute Gasteiger partial charge is 0.328 e. The molecule has 0 heterocycles. The van der Waals surface area contributed by atoms with Gasteiger partial charge in [0.25, 0.3) is 0 Å². The molecule has 0 aromatic heterocycles. The second-order valence-electron chi connectivity index (χ2n) is 4.26. The molecule has 1 amide bonds. The lowest BCUT2D eigenvalue weighted by Gasteiger charge is -2.30. The van der Waals surface area contributed by atoms with E-state index in [2.05, 4.69) is 19.2 Å². The zero-order valence-corrected chi connectivity index (χ0v) is 10.8. The molecule has 0 aromatic rings. The monoisotopic (exact) mass is 214 g/mol. The van der Waals surface area contributed by atoms with E-state index in [4.69, 9.17) is 0 Å². The smallest absolute Gasteiger partial charge is 0.226 e. The molecule has 0 rings (SSSR count). The van der Waals surface area contributed by atoms with Crippen molar-refractivity contribution in [3.8, 4) is 0 Å². The quantitative estimate of drug-likeness (QED) is 0.520. The Morgan fingerprint density at radius 1 is 1.27 bits per heavy atom. The maximum absolute atomic E-state index is 11.8. The van der Waals surface area contributed by atoms with Gasteiger partial charge in [-0.3, -0.25) is 10.1 Å². The minimum absolute atomic E-state index is 0.0837. The van der Waals surface area contributed by atoms with E-state index in [9.17, 15) is 4.79 Å². The first-order chi connectivity index (χ1) is 7.04. The van der Waals surface area contributed by atoms with Crippen LogP contribution in [0.1, 0.15) is 47.5 Å². The molecule has 0 aliphatic rings. The fraction of sp³-hybridized carbons (Fsp3) is 0.917. The van der Waals surface area contributed by atoms with Gasteiger partial charge in [0.2, 0.25) is 5.91 Å². The SMILES string of the molecule is CCCCNC(C)N(CC)C(=O)C(C)C. The lowest BCUT2D eigenvalue weighted by Crippen LogP contribution is -2.48. The average molecular weight is 214 g/mol. The van der Waals surface area contributed by atoms with Crippen molar-refractivity contribution in [3.63, 3.8) is 0 Å². The number of nitrogens with zero attached hydrogens (tertiary/aromatic N) is 1. The second-order valence-corrected chi connectivity index (χ2v) is 4.26. The average Bonchev–Trinajstić information content (AvgIpc) is 2.19. The van der Waals surface area contributed by atoms with Crippen LogP contribution in [0.3, 0.4) is 0 Å². The zero-order valence-electron chi connectivity index (χ0n) is 10.8. The van der Waals surface area contributed by atoms with Crippen LogP contribution in [0.15, 0.2) is 0 Å². The summed E-state index contributed by atoms with van der Waals surface area (Å²) in [7, 11) is 0. The number of carbonyl (C=O) groups excluding carboxylic acids is 1. The third-order valence-corrected chi connectivity index (χ3v) is 2.56. The topological polar surface area (TPSA) is 32.3 Å². The van der Waals surface area contributed by atoms with Crippen molar-refractivity contribution in [3.05, 3.63) is 0 Å². The van der Waals surface area contributed by atoms with Crippen LogP contribution in [0.25, 0.3) is 0 Å². The Labute approximate surface area is 94.2 Å². The van der Waals surface area contributed by atoms with Crippen molar-refractivity contribution in [1.82, 2.24) is 10.2 Å². The highest BCUT2D eigenvalue weighted by molar-refractivity contribution is 5.78. The highest BCUT2D eigenvalue weighted by atomic mass is 16.2. The van der Waals surface area contributed by atoms with Crippen LogP contribution < -0.4 is 5.32 Å². The molecule has 0 saturated carbocycles. The fourth-order valence-electron chi connectivity index (χ4n) is 1.55. The van der Waals surface area contributed by atoms with Gasteiger partial charge in [-0.2, -0.15) is 0 Å². The molecule has 0 aliphatic carbocycles. The van der Waals surface area contributed by atoms with Crippen LogP contribution in [-0.2, 0) is 4.79 Å². The number of carbonyl (C=O) groups is 1. The van der Waals surface area contributed by atoms with Gasteiger partial charge >= 0.3 is 0 Å². The number of hydrogen-bond donors (Lipinski definition) is 1. The Morgan fingerprint density at radius 2 is 1.87 bits per heavy atom. The molecule has 0 fully saturated rings. The number of unbranched alkanes of at least 4 members (excludes halogenated alkanes) is 1. The van der Waals surface area contributed by atoms with Crippen molar-refractivity contribution in [2.75, 3.05) is 13.1 Å². The Bertz CT molecular complexity index is 180. The van der Waals surface area contributed by atoms with E-state index < -0.39 is 0 Å². The molecule has 3 nitrogen and oxygen atoms in total. The van der Waals surface area contributed by atoms with E-state index in [0.29, 0.717) is 0 Å². The van der Waals surface area contributed by atoms with Gasteiger partial charge in [-0.05, 0) is 26.8 Å². The lowest BCUT2D eigenvalue weighted by atomic mass is 10.2. The van der Waals surface area contributed by atoms with Crippen molar-refractivity contribution in [2.24, 2.45) is 5.92 Å². The second kappa shape index (κ2) is 7.69. The summed E-state index contributed by atoms with van der Waals surface area (Å²) >= 11 is 0. The maximum atomic E-state index is 11.8. The van der Waals surface area contributed by atoms with Crippen molar-refractivity contribution in [2.45, 2.75) is 53.6 Å². The van der Waals surface area contributed by atoms with Crippen molar-refractivity contribution < 1.29 is 4.79 Å². The molecule has 0 radical (unpaired) electrons. The van der Waals surface area contributed by atoms with Crippen LogP contribution in [0, 0.1) is 5.92 Å². The third-order valence-electron chi connectivity index (χ3n) is 2.56. The molecule has 0 spiro atoms. The molecule has 0 bridgehead atoms. The summed E-state index contributed by atoms with van der Waals surface area (Å²) in [5, 5.41) is 3.38. The molecule has 0 saturated heterocycles. The predicted molar refractivity (Wildman–Crippen MR) is 64.6 cm³/mol. The van der Waals surface area contributed by atoms with Gasteiger partial charge in [0.1, 0.15) is 0 Å². The zero-order chi connectivity index (χ0) is 11.8. The maximum Gasteiger partial charge on any atom is 0.226 e. The molecule has 3 heteroatoms. The van der Waals surface area contributed by atoms with Gasteiger partial charge in [0.05, 0.1) is 6.17 Å². The van der Waals surface area contributed by atoms with Gasteiger partial charge in [-0.15, -0.1) is 0 Å². The Kier molecular flexibility index (Phi) is 7.39. The van der Waals surface area contributed by atoms with E-state index >= 15 is 0 Å². The van der Waals surface area contributed by atoms with Gasteiger partial charge in [0, 0.05) is 12.5 Å². The molecule has 0 aromatic carbocycles. The lowest BCUT2D eigenvalue weighted by molar-refractivity contribution is -0.136. The molecule has 90 valence electrons. The first kappa shape index (κ1) is 14.4. The molecule has 15 heavy (non-hydrogen) atoms. The Morgan fingerprint density at radius 3 is 2.27 bits per heavy atom. The Balaban J connectivity index is 4.09. The minimum Gasteiger partial charge on any atom is -0.328 e. The van der Waals surface area contributed by atoms with Crippen LogP contribution in [0.2, 0.25) is 0 Å². The summed E-state index contributed by atoms with van der Waals surface area (Å²) < 4.78 is 0. The third kappa shape index (κ3) is 5.17. The molecule has 0 aliphatic heterocycles. The van der Waals surface area contributed by atoms with Crippen LogP contribution in [0.5, 0.6) is 0 Å². The van der Waals surface area contributed by atoms with Gasteiger partial charge in [-0.25, -0.2) is 0 Å².